The molecule has 4 heteroatoms. The lowest BCUT2D eigenvalue weighted by molar-refractivity contribution is 0.218. The van der Waals surface area contributed by atoms with E-state index in [2.05, 4.69) is 4.18 Å². The maximum atomic E-state index is 10.6. The van der Waals surface area contributed by atoms with Crippen LogP contribution in [0.1, 0.15) is 0 Å². The Morgan fingerprint density at radius 2 is 2.60 bits per heavy atom. The molecular weight excluding hydrogens is 95.1 g/mol. The molecular formula is CH3FO2S. The summed E-state index contributed by atoms with van der Waals surface area (Å²) in [5.74, 6) is 0. The van der Waals surface area contributed by atoms with Crippen LogP contribution in [0, 0.1) is 0 Å². The highest BCUT2D eigenvalue weighted by Gasteiger charge is 1.65. The first-order valence-corrected chi connectivity index (χ1v) is 1.65. The Labute approximate surface area is 32.6 Å². The van der Waals surface area contributed by atoms with Crippen molar-refractivity contribution in [3.05, 3.63) is 0 Å². The summed E-state index contributed by atoms with van der Waals surface area (Å²) in [6, 6.07) is 0. The minimum absolute atomic E-state index is 0.595. The van der Waals surface area contributed by atoms with Crippen LogP contribution in [-0.2, 0) is 16.1 Å². The number of thiol groups is 1. The van der Waals surface area contributed by atoms with E-state index in [1.807, 2.05) is 0 Å². The molecule has 0 heterocycles. The fourth-order valence-corrected chi connectivity index (χ4v) is 0.0598. The van der Waals surface area contributed by atoms with Crippen LogP contribution in [0.3, 0.4) is 0 Å². The zero-order valence-electron chi connectivity index (χ0n) is 2.35. The van der Waals surface area contributed by atoms with Crippen LogP contribution in [0.2, 0.25) is 0 Å². The van der Waals surface area contributed by atoms with Gasteiger partial charge in [-0.3, -0.25) is 4.18 Å². The third-order valence-corrected chi connectivity index (χ3v) is 0.304. The van der Waals surface area contributed by atoms with E-state index < -0.39 is 18.8 Å². The highest BCUT2D eigenvalue weighted by molar-refractivity contribution is 7.60. The molecule has 5 heavy (non-hydrogen) atoms. The van der Waals surface area contributed by atoms with Crippen LogP contribution in [0.25, 0.3) is 0 Å². The molecule has 0 spiro atoms. The molecule has 0 saturated heterocycles. The van der Waals surface area contributed by atoms with Gasteiger partial charge in [0.25, 0.3) is 0 Å². The first-order valence-electron chi connectivity index (χ1n) is 0.921. The molecule has 0 N–H and O–H groups in total. The molecule has 0 aromatic heterocycles. The largest absolute Gasteiger partial charge is 0.259 e. The Balaban J connectivity index is 2.40. The van der Waals surface area contributed by atoms with Crippen molar-refractivity contribution < 1.29 is 12.8 Å². The van der Waals surface area contributed by atoms with E-state index in [1.165, 1.54) is 0 Å². The second kappa shape index (κ2) is 4.04. The monoisotopic (exact) mass is 98.0 g/mol. The Morgan fingerprint density at radius 1 is 2.00 bits per heavy atom. The Kier molecular flexibility index (Phi) is 4.07. The summed E-state index contributed by atoms with van der Waals surface area (Å²) in [7, 11) is 0. The lowest BCUT2D eigenvalue weighted by Gasteiger charge is -1.71. The van der Waals surface area contributed by atoms with E-state index in [4.69, 9.17) is 4.21 Å². The van der Waals surface area contributed by atoms with Gasteiger partial charge in [-0.25, -0.2) is 8.60 Å². The van der Waals surface area contributed by atoms with Gasteiger partial charge in [-0.1, -0.05) is 0 Å². The molecule has 0 aliphatic heterocycles. The second-order valence-electron chi connectivity index (χ2n) is 0.313. The van der Waals surface area contributed by atoms with Gasteiger partial charge >= 0.3 is 0 Å². The van der Waals surface area contributed by atoms with Gasteiger partial charge in [0.15, 0.2) is 0 Å². The molecule has 0 amide bonds. The van der Waals surface area contributed by atoms with Gasteiger partial charge < -0.3 is 0 Å². The highest BCUT2D eigenvalue weighted by atomic mass is 32.2. The molecule has 0 fully saturated rings. The third kappa shape index (κ3) is 4.04. The third-order valence-electron chi connectivity index (χ3n) is 0.101. The van der Waals surface area contributed by atoms with Gasteiger partial charge in [-0.15, -0.1) is 0 Å². The van der Waals surface area contributed by atoms with Gasteiger partial charge in [0.2, 0.25) is 6.86 Å². The predicted octanol–water partition coefficient (Wildman–Crippen LogP) is -0.210. The van der Waals surface area contributed by atoms with Crippen molar-refractivity contribution in [2.45, 2.75) is 0 Å². The Hall–Kier alpha value is 0.0400. The standard InChI is InChI=1S/CH3FO2S/c2-1-4-5-3/h5H,1H2. The molecule has 0 aliphatic carbocycles. The van der Waals surface area contributed by atoms with Crippen LogP contribution in [0.4, 0.5) is 4.39 Å². The van der Waals surface area contributed by atoms with Crippen molar-refractivity contribution >= 4 is 11.9 Å². The predicted molar refractivity (Wildman–Crippen MR) is 16.6 cm³/mol. The lowest BCUT2D eigenvalue weighted by Crippen LogP contribution is -1.73. The molecule has 0 aromatic rings. The van der Waals surface area contributed by atoms with E-state index in [0.717, 1.165) is 0 Å². The molecule has 0 aliphatic rings. The molecule has 0 radical (unpaired) electrons. The molecule has 0 unspecified atom stereocenters. The molecule has 0 aromatic carbocycles. The average molecular weight is 98.1 g/mol. The van der Waals surface area contributed by atoms with Crippen molar-refractivity contribution in [2.75, 3.05) is 6.86 Å². The van der Waals surface area contributed by atoms with Crippen LogP contribution >= 0.6 is 0 Å². The van der Waals surface area contributed by atoms with Crippen molar-refractivity contribution in [1.29, 1.82) is 0 Å². The molecule has 2 nitrogen and oxygen atoms in total. The topological polar surface area (TPSA) is 26.3 Å². The normalized spacial score (nSPS) is 8.20. The maximum Gasteiger partial charge on any atom is 0.203 e. The Morgan fingerprint density at radius 3 is 2.60 bits per heavy atom. The molecule has 32 valence electrons. The van der Waals surface area contributed by atoms with Crippen LogP contribution in [-0.4, -0.2) is 11.1 Å². The zero-order valence-corrected chi connectivity index (χ0v) is 3.24. The Bertz CT molecular complexity index is 30.8. The van der Waals surface area contributed by atoms with Crippen LogP contribution < -0.4 is 0 Å². The van der Waals surface area contributed by atoms with E-state index >= 15 is 0 Å². The fourth-order valence-electron chi connectivity index (χ4n) is 0.0199. The van der Waals surface area contributed by atoms with Gasteiger partial charge in [0.05, 0.1) is 0 Å². The van der Waals surface area contributed by atoms with Crippen molar-refractivity contribution in [3.63, 3.8) is 0 Å². The van der Waals surface area contributed by atoms with Gasteiger partial charge in [0.1, 0.15) is 11.9 Å². The number of hydrogen-bond acceptors (Lipinski definition) is 2. The smallest absolute Gasteiger partial charge is 0.203 e. The van der Waals surface area contributed by atoms with Crippen LogP contribution in [0.15, 0.2) is 0 Å². The minimum atomic E-state index is -0.981. The summed E-state index contributed by atoms with van der Waals surface area (Å²) < 4.78 is 23.2. The summed E-state index contributed by atoms with van der Waals surface area (Å²) in [6.07, 6.45) is 0. The maximum absolute atomic E-state index is 10.6. The fraction of sp³-hybridized carbons (Fsp3) is 1.00. The average Bonchev–Trinajstić information content (AvgIpc) is 1.41. The summed E-state index contributed by atoms with van der Waals surface area (Å²) in [6.45, 7) is -0.981. The summed E-state index contributed by atoms with van der Waals surface area (Å²) >= 11 is -0.595. The van der Waals surface area contributed by atoms with E-state index in [-0.39, 0.29) is 0 Å². The van der Waals surface area contributed by atoms with Gasteiger partial charge in [0, 0.05) is 0 Å². The summed E-state index contributed by atoms with van der Waals surface area (Å²) in [5, 5.41) is 0. The number of rotatable bonds is 2. The number of halogens is 1. The SMILES string of the molecule is O=[SH]OCF. The molecule has 0 bridgehead atoms. The van der Waals surface area contributed by atoms with Gasteiger partial charge in [-0.05, 0) is 0 Å². The quantitative estimate of drug-likeness (QED) is 0.484. The van der Waals surface area contributed by atoms with Crippen molar-refractivity contribution in [3.8, 4) is 0 Å². The van der Waals surface area contributed by atoms with E-state index in [0.29, 0.717) is 0 Å². The number of hydrogen-bond donors (Lipinski definition) is 1. The number of alkyl halides is 1. The van der Waals surface area contributed by atoms with E-state index in [1.54, 1.807) is 0 Å². The first kappa shape index (κ1) is 5.04. The zero-order chi connectivity index (χ0) is 4.12. The minimum Gasteiger partial charge on any atom is -0.259 e. The molecule has 0 saturated carbocycles. The second-order valence-corrected chi connectivity index (χ2v) is 0.720. The highest BCUT2D eigenvalue weighted by Crippen LogP contribution is 1.64. The first-order chi connectivity index (χ1) is 2.41. The van der Waals surface area contributed by atoms with E-state index in [9.17, 15) is 4.39 Å². The molecule has 0 rings (SSSR count). The van der Waals surface area contributed by atoms with Gasteiger partial charge in [-0.2, -0.15) is 0 Å². The summed E-state index contributed by atoms with van der Waals surface area (Å²) in [5.41, 5.74) is 0. The van der Waals surface area contributed by atoms with Crippen LogP contribution in [0.5, 0.6) is 0 Å². The molecule has 0 atom stereocenters. The lowest BCUT2D eigenvalue weighted by atomic mass is 11.6. The van der Waals surface area contributed by atoms with Crippen molar-refractivity contribution in [1.82, 2.24) is 0 Å². The van der Waals surface area contributed by atoms with Crippen molar-refractivity contribution in [2.24, 2.45) is 0 Å². The summed E-state index contributed by atoms with van der Waals surface area (Å²) in [4.78, 5) is 0.